The third-order valence-corrected chi connectivity index (χ3v) is 4.78. The summed E-state index contributed by atoms with van der Waals surface area (Å²) in [5.41, 5.74) is 6.14. The highest BCUT2D eigenvalue weighted by Crippen LogP contribution is 2.34. The maximum absolute atomic E-state index is 8.75. The second-order valence-electron chi connectivity index (χ2n) is 4.62. The van der Waals surface area contributed by atoms with Gasteiger partial charge in [-0.2, -0.15) is 11.8 Å². The van der Waals surface area contributed by atoms with E-state index >= 15 is 0 Å². The van der Waals surface area contributed by atoms with Crippen LogP contribution in [-0.2, 0) is 0 Å². The van der Waals surface area contributed by atoms with E-state index in [-0.39, 0.29) is 0 Å². The second kappa shape index (κ2) is 7.53. The molecule has 15 heavy (non-hydrogen) atoms. The molecule has 0 amide bonds. The molecule has 0 heterocycles. The monoisotopic (exact) mass is 231 g/mol. The zero-order chi connectivity index (χ0) is 11.1. The third kappa shape index (κ3) is 4.75. The van der Waals surface area contributed by atoms with Crippen molar-refractivity contribution in [2.45, 2.75) is 56.7 Å². The van der Waals surface area contributed by atoms with Gasteiger partial charge >= 0.3 is 0 Å². The summed E-state index contributed by atoms with van der Waals surface area (Å²) in [6.45, 7) is 2.58. The van der Waals surface area contributed by atoms with Crippen molar-refractivity contribution < 1.29 is 5.11 Å². The molecule has 0 radical (unpaired) electrons. The van der Waals surface area contributed by atoms with E-state index in [4.69, 9.17) is 10.8 Å². The summed E-state index contributed by atoms with van der Waals surface area (Å²) in [6, 6.07) is 0.391. The maximum atomic E-state index is 8.75. The quantitative estimate of drug-likeness (QED) is 0.690. The van der Waals surface area contributed by atoms with Crippen LogP contribution in [0.15, 0.2) is 0 Å². The molecular formula is C12H25NOS. The van der Waals surface area contributed by atoms with Gasteiger partial charge in [0.15, 0.2) is 0 Å². The first-order valence-corrected chi connectivity index (χ1v) is 7.30. The molecule has 0 saturated heterocycles. The predicted molar refractivity (Wildman–Crippen MR) is 68.2 cm³/mol. The van der Waals surface area contributed by atoms with Gasteiger partial charge < -0.3 is 10.8 Å². The van der Waals surface area contributed by atoms with Gasteiger partial charge in [-0.25, -0.2) is 0 Å². The second-order valence-corrected chi connectivity index (χ2v) is 5.97. The van der Waals surface area contributed by atoms with Gasteiger partial charge in [0.05, 0.1) is 0 Å². The fourth-order valence-corrected chi connectivity index (χ4v) is 3.79. The van der Waals surface area contributed by atoms with E-state index in [9.17, 15) is 0 Å². The van der Waals surface area contributed by atoms with Gasteiger partial charge in [0.1, 0.15) is 0 Å². The summed E-state index contributed by atoms with van der Waals surface area (Å²) in [6.07, 6.45) is 7.39. The van der Waals surface area contributed by atoms with Gasteiger partial charge in [-0.15, -0.1) is 0 Å². The first-order chi connectivity index (χ1) is 7.27. The Hall–Kier alpha value is 0.270. The molecule has 0 aromatic rings. The molecule has 3 atom stereocenters. The highest BCUT2D eigenvalue weighted by molar-refractivity contribution is 7.99. The molecule has 1 saturated carbocycles. The lowest BCUT2D eigenvalue weighted by Crippen LogP contribution is -2.38. The number of aliphatic hydroxyl groups is 1. The average Bonchev–Trinajstić information content (AvgIpc) is 2.23. The van der Waals surface area contributed by atoms with E-state index in [2.05, 4.69) is 6.92 Å². The topological polar surface area (TPSA) is 46.2 Å². The molecule has 2 nitrogen and oxygen atoms in total. The highest BCUT2D eigenvalue weighted by Gasteiger charge is 2.27. The summed E-state index contributed by atoms with van der Waals surface area (Å²) >= 11 is 1.97. The number of nitrogens with two attached hydrogens (primary N) is 1. The van der Waals surface area contributed by atoms with Crippen molar-refractivity contribution in [2.75, 3.05) is 12.4 Å². The summed E-state index contributed by atoms with van der Waals surface area (Å²) in [4.78, 5) is 0. The van der Waals surface area contributed by atoms with Crippen LogP contribution in [-0.4, -0.2) is 28.8 Å². The minimum absolute atomic E-state index is 0.313. The average molecular weight is 231 g/mol. The minimum Gasteiger partial charge on any atom is -0.396 e. The van der Waals surface area contributed by atoms with E-state index in [1.807, 2.05) is 11.8 Å². The summed E-state index contributed by atoms with van der Waals surface area (Å²) in [5, 5.41) is 9.39. The first kappa shape index (κ1) is 13.3. The lowest BCUT2D eigenvalue weighted by molar-refractivity contribution is 0.295. The Kier molecular flexibility index (Phi) is 6.69. The van der Waals surface area contributed by atoms with Gasteiger partial charge in [0, 0.05) is 17.9 Å². The molecule has 0 aromatic heterocycles. The number of aliphatic hydroxyl groups excluding tert-OH is 1. The summed E-state index contributed by atoms with van der Waals surface area (Å²) < 4.78 is 0. The van der Waals surface area contributed by atoms with Gasteiger partial charge in [-0.3, -0.25) is 0 Å². The molecule has 1 aliphatic carbocycles. The Bertz CT molecular complexity index is 166. The summed E-state index contributed by atoms with van der Waals surface area (Å²) in [7, 11) is 0. The molecule has 3 N–H and O–H groups in total. The Labute approximate surface area is 98.0 Å². The Balaban J connectivity index is 2.26. The lowest BCUT2D eigenvalue weighted by Gasteiger charge is -2.33. The smallest absolute Gasteiger partial charge is 0.0438 e. The van der Waals surface area contributed by atoms with Crippen molar-refractivity contribution in [2.24, 2.45) is 11.7 Å². The first-order valence-electron chi connectivity index (χ1n) is 6.26. The fraction of sp³-hybridized carbons (Fsp3) is 1.00. The van der Waals surface area contributed by atoms with Crippen molar-refractivity contribution in [3.8, 4) is 0 Å². The highest BCUT2D eigenvalue weighted by atomic mass is 32.2. The molecule has 0 spiro atoms. The lowest BCUT2D eigenvalue weighted by atomic mass is 9.83. The molecular weight excluding hydrogens is 206 g/mol. The normalized spacial score (nSPS) is 31.8. The number of hydrogen-bond donors (Lipinski definition) is 2. The Morgan fingerprint density at radius 3 is 2.87 bits per heavy atom. The van der Waals surface area contributed by atoms with Gasteiger partial charge in [-0.1, -0.05) is 19.8 Å². The van der Waals surface area contributed by atoms with E-state index in [1.54, 1.807) is 0 Å². The van der Waals surface area contributed by atoms with Gasteiger partial charge in [-0.05, 0) is 37.4 Å². The fourth-order valence-electron chi connectivity index (χ4n) is 2.40. The van der Waals surface area contributed by atoms with Crippen LogP contribution in [0.1, 0.15) is 45.4 Å². The van der Waals surface area contributed by atoms with Crippen LogP contribution in [0.3, 0.4) is 0 Å². The van der Waals surface area contributed by atoms with Crippen LogP contribution in [0.25, 0.3) is 0 Å². The largest absolute Gasteiger partial charge is 0.396 e. The van der Waals surface area contributed by atoms with Gasteiger partial charge in [0.25, 0.3) is 0 Å². The number of rotatable bonds is 6. The Morgan fingerprint density at radius 1 is 1.40 bits per heavy atom. The van der Waals surface area contributed by atoms with E-state index < -0.39 is 0 Å². The van der Waals surface area contributed by atoms with Crippen LogP contribution in [0.2, 0.25) is 0 Å². The number of thioether (sulfide) groups is 1. The van der Waals surface area contributed by atoms with Crippen LogP contribution in [0.4, 0.5) is 0 Å². The van der Waals surface area contributed by atoms with E-state index in [0.717, 1.165) is 18.1 Å². The van der Waals surface area contributed by atoms with E-state index in [0.29, 0.717) is 17.9 Å². The van der Waals surface area contributed by atoms with Crippen molar-refractivity contribution in [1.29, 1.82) is 0 Å². The number of hydrogen-bond acceptors (Lipinski definition) is 3. The molecule has 0 aliphatic heterocycles. The predicted octanol–water partition coefficient (Wildman–Crippen LogP) is 2.40. The molecule has 1 aliphatic rings. The molecule has 0 bridgehead atoms. The van der Waals surface area contributed by atoms with E-state index in [1.165, 1.54) is 32.1 Å². The van der Waals surface area contributed by atoms with Crippen molar-refractivity contribution >= 4 is 11.8 Å². The molecule has 1 fully saturated rings. The zero-order valence-corrected chi connectivity index (χ0v) is 10.6. The molecule has 1 rings (SSSR count). The summed E-state index contributed by atoms with van der Waals surface area (Å²) in [5.74, 6) is 1.97. The van der Waals surface area contributed by atoms with Crippen LogP contribution in [0, 0.1) is 5.92 Å². The molecule has 0 aromatic carbocycles. The van der Waals surface area contributed by atoms with Crippen LogP contribution < -0.4 is 5.73 Å². The Morgan fingerprint density at radius 2 is 2.20 bits per heavy atom. The van der Waals surface area contributed by atoms with Crippen LogP contribution >= 0.6 is 11.8 Å². The van der Waals surface area contributed by atoms with Gasteiger partial charge in [0.2, 0.25) is 0 Å². The van der Waals surface area contributed by atoms with Crippen molar-refractivity contribution in [3.05, 3.63) is 0 Å². The van der Waals surface area contributed by atoms with Crippen LogP contribution in [0.5, 0.6) is 0 Å². The molecule has 90 valence electrons. The molecule has 3 heteroatoms. The third-order valence-electron chi connectivity index (χ3n) is 3.28. The SMILES string of the molecule is CCCC1CCC(N)C(SCCCO)C1. The van der Waals surface area contributed by atoms with Crippen molar-refractivity contribution in [3.63, 3.8) is 0 Å². The maximum Gasteiger partial charge on any atom is 0.0438 e. The zero-order valence-electron chi connectivity index (χ0n) is 9.82. The standard InChI is InChI=1S/C12H25NOS/c1-2-4-10-5-6-11(13)12(9-10)15-8-3-7-14/h10-12,14H,2-9,13H2,1H3. The molecule has 3 unspecified atom stereocenters. The van der Waals surface area contributed by atoms with Crippen molar-refractivity contribution in [1.82, 2.24) is 0 Å². The minimum atomic E-state index is 0.313.